The fraction of sp³-hybridized carbons (Fsp3) is 0.917. The van der Waals surface area contributed by atoms with Gasteiger partial charge in [0.25, 0.3) is 0 Å². The van der Waals surface area contributed by atoms with Crippen molar-refractivity contribution in [3.05, 3.63) is 0 Å². The lowest BCUT2D eigenvalue weighted by atomic mass is 9.98. The third kappa shape index (κ3) is 7.37. The number of nitrogens with one attached hydrogen (secondary N) is 1. The molecule has 0 aliphatic carbocycles. The van der Waals surface area contributed by atoms with Crippen LogP contribution in [0.4, 0.5) is 0 Å². The summed E-state index contributed by atoms with van der Waals surface area (Å²) in [5.41, 5.74) is 0. The van der Waals surface area contributed by atoms with E-state index in [-0.39, 0.29) is 12.0 Å². The molecule has 2 atom stereocenters. The summed E-state index contributed by atoms with van der Waals surface area (Å²) >= 11 is 0. The van der Waals surface area contributed by atoms with Crippen molar-refractivity contribution in [3.63, 3.8) is 0 Å². The van der Waals surface area contributed by atoms with Gasteiger partial charge in [0, 0.05) is 6.04 Å². The van der Waals surface area contributed by atoms with Gasteiger partial charge in [-0.2, -0.15) is 0 Å². The fourth-order valence-electron chi connectivity index (χ4n) is 1.16. The molecular formula is C12H25NO2. The highest BCUT2D eigenvalue weighted by molar-refractivity contribution is 5.69. The van der Waals surface area contributed by atoms with E-state index in [0.717, 1.165) is 6.54 Å². The van der Waals surface area contributed by atoms with Crippen LogP contribution in [0.5, 0.6) is 0 Å². The van der Waals surface area contributed by atoms with Crippen LogP contribution in [0, 0.1) is 11.8 Å². The lowest BCUT2D eigenvalue weighted by Gasteiger charge is -2.19. The molecule has 0 bridgehead atoms. The van der Waals surface area contributed by atoms with Gasteiger partial charge in [0.2, 0.25) is 0 Å². The molecule has 3 heteroatoms. The zero-order valence-electron chi connectivity index (χ0n) is 10.7. The van der Waals surface area contributed by atoms with E-state index in [2.05, 4.69) is 26.1 Å². The molecule has 0 aromatic heterocycles. The van der Waals surface area contributed by atoms with Crippen LogP contribution in [-0.4, -0.2) is 25.2 Å². The average Bonchev–Trinajstić information content (AvgIpc) is 2.14. The zero-order valence-corrected chi connectivity index (χ0v) is 10.7. The van der Waals surface area contributed by atoms with Crippen LogP contribution in [0.15, 0.2) is 0 Å². The molecule has 0 aliphatic heterocycles. The number of rotatable bonds is 7. The minimum Gasteiger partial charge on any atom is -0.466 e. The van der Waals surface area contributed by atoms with Gasteiger partial charge < -0.3 is 10.1 Å². The Hall–Kier alpha value is -0.570. The monoisotopic (exact) mass is 215 g/mol. The molecule has 0 aromatic carbocycles. The summed E-state index contributed by atoms with van der Waals surface area (Å²) < 4.78 is 4.89. The average molecular weight is 215 g/mol. The maximum atomic E-state index is 11.2. The molecule has 0 saturated carbocycles. The first kappa shape index (κ1) is 14.4. The lowest BCUT2D eigenvalue weighted by Crippen LogP contribution is -2.33. The summed E-state index contributed by atoms with van der Waals surface area (Å²) in [6, 6.07) is 0.199. The smallest absolute Gasteiger partial charge is 0.307 e. The summed E-state index contributed by atoms with van der Waals surface area (Å²) in [6.45, 7) is 11.9. The Bertz CT molecular complexity index is 180. The van der Waals surface area contributed by atoms with Crippen LogP contribution < -0.4 is 5.32 Å². The molecule has 2 unspecified atom stereocenters. The molecule has 0 aromatic rings. The normalized spacial score (nSPS) is 15.1. The molecule has 0 radical (unpaired) electrons. The maximum absolute atomic E-state index is 11.2. The van der Waals surface area contributed by atoms with E-state index in [1.54, 1.807) is 0 Å². The highest BCUT2D eigenvalue weighted by Gasteiger charge is 2.12. The van der Waals surface area contributed by atoms with E-state index in [0.29, 0.717) is 24.9 Å². The molecule has 15 heavy (non-hydrogen) atoms. The van der Waals surface area contributed by atoms with E-state index in [4.69, 9.17) is 4.74 Å². The quantitative estimate of drug-likeness (QED) is 0.662. The molecular weight excluding hydrogens is 190 g/mol. The predicted molar refractivity (Wildman–Crippen MR) is 62.7 cm³/mol. The van der Waals surface area contributed by atoms with Gasteiger partial charge in [-0.05, 0) is 32.2 Å². The molecule has 0 heterocycles. The maximum Gasteiger partial charge on any atom is 0.307 e. The molecule has 0 rings (SSSR count). The molecule has 0 saturated heterocycles. The molecule has 90 valence electrons. The van der Waals surface area contributed by atoms with E-state index in [1.807, 2.05) is 13.8 Å². The van der Waals surface area contributed by atoms with E-state index >= 15 is 0 Å². The minimum atomic E-state index is -0.116. The van der Waals surface area contributed by atoms with Crippen LogP contribution in [-0.2, 0) is 9.53 Å². The molecule has 0 amide bonds. The molecule has 0 aliphatic rings. The Morgan fingerprint density at radius 2 is 1.87 bits per heavy atom. The fourth-order valence-corrected chi connectivity index (χ4v) is 1.16. The number of ether oxygens (including phenoxy) is 1. The number of hydrogen-bond donors (Lipinski definition) is 1. The Balaban J connectivity index is 3.65. The lowest BCUT2D eigenvalue weighted by molar-refractivity contribution is -0.143. The van der Waals surface area contributed by atoms with Gasteiger partial charge in [0.05, 0.1) is 13.0 Å². The Morgan fingerprint density at radius 3 is 2.33 bits per heavy atom. The van der Waals surface area contributed by atoms with Gasteiger partial charge in [0.15, 0.2) is 0 Å². The van der Waals surface area contributed by atoms with E-state index < -0.39 is 0 Å². The number of carbonyl (C=O) groups excluding carboxylic acids is 1. The van der Waals surface area contributed by atoms with Crippen molar-refractivity contribution < 1.29 is 9.53 Å². The first-order valence-electron chi connectivity index (χ1n) is 5.86. The summed E-state index contributed by atoms with van der Waals surface area (Å²) in [6.07, 6.45) is 0.457. The second-order valence-electron chi connectivity index (χ2n) is 4.54. The second kappa shape index (κ2) is 7.69. The van der Waals surface area contributed by atoms with Crippen molar-refractivity contribution in [1.82, 2.24) is 5.32 Å². The summed E-state index contributed by atoms with van der Waals surface area (Å²) in [4.78, 5) is 11.2. The Labute approximate surface area is 93.6 Å². The van der Waals surface area contributed by atoms with E-state index in [9.17, 15) is 4.79 Å². The van der Waals surface area contributed by atoms with Crippen molar-refractivity contribution in [2.24, 2.45) is 11.8 Å². The van der Waals surface area contributed by atoms with Gasteiger partial charge in [-0.25, -0.2) is 0 Å². The van der Waals surface area contributed by atoms with Crippen LogP contribution >= 0.6 is 0 Å². The van der Waals surface area contributed by atoms with Crippen LogP contribution in [0.1, 0.15) is 41.0 Å². The first-order chi connectivity index (χ1) is 6.97. The van der Waals surface area contributed by atoms with Crippen LogP contribution in [0.3, 0.4) is 0 Å². The number of esters is 1. The highest BCUT2D eigenvalue weighted by atomic mass is 16.5. The largest absolute Gasteiger partial charge is 0.466 e. The molecule has 3 nitrogen and oxygen atoms in total. The van der Waals surface area contributed by atoms with Crippen molar-refractivity contribution in [2.75, 3.05) is 13.2 Å². The van der Waals surface area contributed by atoms with Gasteiger partial charge in [-0.15, -0.1) is 0 Å². The Kier molecular flexibility index (Phi) is 7.39. The van der Waals surface area contributed by atoms with Gasteiger partial charge in [-0.3, -0.25) is 4.79 Å². The summed E-state index contributed by atoms with van der Waals surface area (Å²) in [7, 11) is 0. The molecule has 1 N–H and O–H groups in total. The third-order valence-corrected chi connectivity index (χ3v) is 2.70. The number of carbonyl (C=O) groups is 1. The predicted octanol–water partition coefficient (Wildman–Crippen LogP) is 2.21. The van der Waals surface area contributed by atoms with Crippen molar-refractivity contribution in [2.45, 2.75) is 47.1 Å². The topological polar surface area (TPSA) is 38.3 Å². The van der Waals surface area contributed by atoms with Crippen molar-refractivity contribution >= 4 is 5.97 Å². The van der Waals surface area contributed by atoms with Crippen molar-refractivity contribution in [3.8, 4) is 0 Å². The summed E-state index contributed by atoms with van der Waals surface area (Å²) in [5, 5.41) is 3.35. The third-order valence-electron chi connectivity index (χ3n) is 2.70. The standard InChI is InChI=1S/C12H25NO2/c1-6-15-12(14)7-11(5)13-8-10(4)9(2)3/h9-11,13H,6-8H2,1-5H3. The van der Waals surface area contributed by atoms with E-state index in [1.165, 1.54) is 0 Å². The van der Waals surface area contributed by atoms with Crippen LogP contribution in [0.25, 0.3) is 0 Å². The van der Waals surface area contributed by atoms with Crippen molar-refractivity contribution in [1.29, 1.82) is 0 Å². The SMILES string of the molecule is CCOC(=O)CC(C)NCC(C)C(C)C. The molecule has 0 fully saturated rings. The first-order valence-corrected chi connectivity index (χ1v) is 5.86. The minimum absolute atomic E-state index is 0.116. The Morgan fingerprint density at radius 1 is 1.27 bits per heavy atom. The van der Waals surface area contributed by atoms with Gasteiger partial charge in [-0.1, -0.05) is 20.8 Å². The van der Waals surface area contributed by atoms with Crippen LogP contribution in [0.2, 0.25) is 0 Å². The molecule has 0 spiro atoms. The number of hydrogen-bond acceptors (Lipinski definition) is 3. The second-order valence-corrected chi connectivity index (χ2v) is 4.54. The van der Waals surface area contributed by atoms with Gasteiger partial charge in [0.1, 0.15) is 0 Å². The summed E-state index contributed by atoms with van der Waals surface area (Å²) in [5.74, 6) is 1.19. The van der Waals surface area contributed by atoms with Gasteiger partial charge >= 0.3 is 5.97 Å². The highest BCUT2D eigenvalue weighted by Crippen LogP contribution is 2.08. The zero-order chi connectivity index (χ0) is 11.8.